The van der Waals surface area contributed by atoms with Crippen LogP contribution in [0, 0.1) is 0 Å². The number of nitrogens with zero attached hydrogens (tertiary/aromatic N) is 2. The lowest BCUT2D eigenvalue weighted by atomic mass is 9.77. The minimum Gasteiger partial charge on any atom is -0.423 e. The number of rotatable bonds is 7. The number of hydrogen-bond acceptors (Lipinski definition) is 2. The lowest BCUT2D eigenvalue weighted by molar-refractivity contribution is -0.688. The van der Waals surface area contributed by atoms with Crippen molar-refractivity contribution in [2.75, 3.05) is 0 Å². The standard InChI is InChI=1S/C26H25BN2O2/c1-2-21-7-9-22(10-8-21)19-28-15-11-23(12-16-28)24-13-17-29(18-14-24)20-25-5-3-4-6-26(25)27(30)31/h2-18,30-31H,1,19-20H2/q+2. The molecule has 0 radical (unpaired) electrons. The summed E-state index contributed by atoms with van der Waals surface area (Å²) in [6.07, 6.45) is 10.1. The van der Waals surface area contributed by atoms with E-state index in [0.717, 1.165) is 28.8 Å². The van der Waals surface area contributed by atoms with Gasteiger partial charge in [-0.05, 0) is 22.2 Å². The van der Waals surface area contributed by atoms with E-state index in [2.05, 4.69) is 72.1 Å². The van der Waals surface area contributed by atoms with E-state index in [1.165, 1.54) is 5.56 Å². The van der Waals surface area contributed by atoms with Crippen molar-refractivity contribution < 1.29 is 19.2 Å². The van der Waals surface area contributed by atoms with Crippen molar-refractivity contribution in [3.8, 4) is 11.1 Å². The van der Waals surface area contributed by atoms with Gasteiger partial charge in [0.15, 0.2) is 37.9 Å². The predicted octanol–water partition coefficient (Wildman–Crippen LogP) is 2.35. The van der Waals surface area contributed by atoms with Gasteiger partial charge in [0.25, 0.3) is 0 Å². The Labute approximate surface area is 183 Å². The van der Waals surface area contributed by atoms with Crippen LogP contribution >= 0.6 is 0 Å². The molecule has 4 nitrogen and oxygen atoms in total. The molecule has 31 heavy (non-hydrogen) atoms. The third-order valence-corrected chi connectivity index (χ3v) is 5.38. The highest BCUT2D eigenvalue weighted by molar-refractivity contribution is 6.59. The zero-order valence-corrected chi connectivity index (χ0v) is 17.3. The highest BCUT2D eigenvalue weighted by atomic mass is 16.4. The Morgan fingerprint density at radius 1 is 0.710 bits per heavy atom. The smallest absolute Gasteiger partial charge is 0.423 e. The zero-order valence-electron chi connectivity index (χ0n) is 17.3. The topological polar surface area (TPSA) is 48.2 Å². The van der Waals surface area contributed by atoms with Crippen LogP contribution in [-0.4, -0.2) is 17.2 Å². The van der Waals surface area contributed by atoms with Crippen molar-refractivity contribution in [1.82, 2.24) is 0 Å². The van der Waals surface area contributed by atoms with E-state index in [9.17, 15) is 10.0 Å². The fourth-order valence-electron chi connectivity index (χ4n) is 3.61. The van der Waals surface area contributed by atoms with Gasteiger partial charge in [0, 0.05) is 35.4 Å². The Hall–Kier alpha value is -3.54. The minimum atomic E-state index is -1.47. The van der Waals surface area contributed by atoms with Crippen LogP contribution in [0.15, 0.2) is 104 Å². The molecule has 2 aromatic carbocycles. The maximum Gasteiger partial charge on any atom is 0.488 e. The predicted molar refractivity (Wildman–Crippen MR) is 123 cm³/mol. The Kier molecular flexibility index (Phi) is 6.36. The summed E-state index contributed by atoms with van der Waals surface area (Å²) in [7, 11) is -1.47. The summed E-state index contributed by atoms with van der Waals surface area (Å²) in [5, 5.41) is 19.1. The van der Waals surface area contributed by atoms with Crippen molar-refractivity contribution in [2.24, 2.45) is 0 Å². The average Bonchev–Trinajstić information content (AvgIpc) is 2.81. The van der Waals surface area contributed by atoms with E-state index in [-0.39, 0.29) is 0 Å². The van der Waals surface area contributed by atoms with E-state index >= 15 is 0 Å². The van der Waals surface area contributed by atoms with Gasteiger partial charge in [-0.1, -0.05) is 61.2 Å². The van der Waals surface area contributed by atoms with Gasteiger partial charge in [-0.2, -0.15) is 0 Å². The van der Waals surface area contributed by atoms with Crippen LogP contribution in [-0.2, 0) is 13.1 Å². The van der Waals surface area contributed by atoms with Crippen LogP contribution in [0.25, 0.3) is 17.2 Å². The second kappa shape index (κ2) is 9.52. The SMILES string of the molecule is C=Cc1ccc(C[n+]2ccc(-c3cc[n+](Cc4ccccc4B(O)O)cc3)cc2)cc1. The molecule has 0 aliphatic heterocycles. The van der Waals surface area contributed by atoms with Gasteiger partial charge in [0.1, 0.15) is 0 Å². The molecule has 0 fully saturated rings. The van der Waals surface area contributed by atoms with E-state index in [1.807, 2.05) is 41.2 Å². The molecule has 0 aliphatic rings. The number of hydrogen-bond donors (Lipinski definition) is 2. The van der Waals surface area contributed by atoms with E-state index in [4.69, 9.17) is 0 Å². The molecule has 2 aromatic heterocycles. The Balaban J connectivity index is 1.45. The zero-order chi connectivity index (χ0) is 21.6. The van der Waals surface area contributed by atoms with E-state index in [0.29, 0.717) is 12.0 Å². The molecule has 0 saturated carbocycles. The van der Waals surface area contributed by atoms with Crippen LogP contribution < -0.4 is 14.6 Å². The molecule has 0 spiro atoms. The third kappa shape index (κ3) is 5.15. The maximum absolute atomic E-state index is 9.55. The summed E-state index contributed by atoms with van der Waals surface area (Å²) in [5.41, 5.74) is 6.08. The van der Waals surface area contributed by atoms with Crippen molar-refractivity contribution in [3.05, 3.63) is 121 Å². The van der Waals surface area contributed by atoms with E-state index in [1.54, 1.807) is 6.07 Å². The molecular formula is C26H25BN2O2+2. The van der Waals surface area contributed by atoms with Crippen LogP contribution in [0.5, 0.6) is 0 Å². The molecule has 0 unspecified atom stereocenters. The molecule has 2 N–H and O–H groups in total. The summed E-state index contributed by atoms with van der Waals surface area (Å²) < 4.78 is 4.19. The summed E-state index contributed by atoms with van der Waals surface area (Å²) in [6, 6.07) is 24.2. The van der Waals surface area contributed by atoms with Crippen LogP contribution in [0.2, 0.25) is 0 Å². The average molecular weight is 408 g/mol. The Morgan fingerprint density at radius 3 is 1.81 bits per heavy atom. The van der Waals surface area contributed by atoms with Gasteiger partial charge in [0.05, 0.1) is 0 Å². The van der Waals surface area contributed by atoms with Crippen molar-refractivity contribution >= 4 is 18.7 Å². The lowest BCUT2D eigenvalue weighted by Crippen LogP contribution is -2.40. The summed E-state index contributed by atoms with van der Waals surface area (Å²) in [4.78, 5) is 0. The second-order valence-electron chi connectivity index (χ2n) is 7.54. The molecule has 0 bridgehead atoms. The molecule has 5 heteroatoms. The molecule has 2 heterocycles. The number of aromatic nitrogens is 2. The first-order chi connectivity index (χ1) is 15.1. The van der Waals surface area contributed by atoms with Gasteiger partial charge in [-0.25, -0.2) is 9.13 Å². The molecule has 4 aromatic rings. The maximum atomic E-state index is 9.55. The fourth-order valence-corrected chi connectivity index (χ4v) is 3.61. The van der Waals surface area contributed by atoms with Gasteiger partial charge in [0.2, 0.25) is 0 Å². The molecule has 0 atom stereocenters. The lowest BCUT2D eigenvalue weighted by Gasteiger charge is -2.06. The molecular weight excluding hydrogens is 383 g/mol. The summed E-state index contributed by atoms with van der Waals surface area (Å²) in [5.74, 6) is 0. The Bertz CT molecular complexity index is 1160. The second-order valence-corrected chi connectivity index (χ2v) is 7.54. The largest absolute Gasteiger partial charge is 0.488 e. The summed E-state index contributed by atoms with van der Waals surface area (Å²) in [6.45, 7) is 5.19. The number of benzene rings is 2. The molecule has 0 amide bonds. The first-order valence-corrected chi connectivity index (χ1v) is 10.3. The van der Waals surface area contributed by atoms with Gasteiger partial charge in [-0.3, -0.25) is 0 Å². The van der Waals surface area contributed by atoms with Crippen LogP contribution in [0.1, 0.15) is 16.7 Å². The van der Waals surface area contributed by atoms with Gasteiger partial charge >= 0.3 is 7.12 Å². The highest BCUT2D eigenvalue weighted by Gasteiger charge is 2.17. The first kappa shape index (κ1) is 20.7. The van der Waals surface area contributed by atoms with Crippen molar-refractivity contribution in [3.63, 3.8) is 0 Å². The normalized spacial score (nSPS) is 10.6. The van der Waals surface area contributed by atoms with Crippen molar-refractivity contribution in [1.29, 1.82) is 0 Å². The minimum absolute atomic E-state index is 0.533. The number of pyridine rings is 2. The van der Waals surface area contributed by atoms with Crippen LogP contribution in [0.4, 0.5) is 0 Å². The Morgan fingerprint density at radius 2 is 1.26 bits per heavy atom. The highest BCUT2D eigenvalue weighted by Crippen LogP contribution is 2.16. The summed E-state index contributed by atoms with van der Waals surface area (Å²) >= 11 is 0. The monoisotopic (exact) mass is 408 g/mol. The van der Waals surface area contributed by atoms with E-state index < -0.39 is 7.12 Å². The molecule has 0 aliphatic carbocycles. The first-order valence-electron chi connectivity index (χ1n) is 10.3. The fraction of sp³-hybridized carbons (Fsp3) is 0.0769. The van der Waals surface area contributed by atoms with Crippen molar-refractivity contribution in [2.45, 2.75) is 13.1 Å². The van der Waals surface area contributed by atoms with Gasteiger partial charge < -0.3 is 10.0 Å². The molecule has 0 saturated heterocycles. The molecule has 152 valence electrons. The molecule has 4 rings (SSSR count). The van der Waals surface area contributed by atoms with Crippen LogP contribution in [0.3, 0.4) is 0 Å². The van der Waals surface area contributed by atoms with Gasteiger partial charge in [-0.15, -0.1) is 0 Å². The third-order valence-electron chi connectivity index (χ3n) is 5.38. The quantitative estimate of drug-likeness (QED) is 0.364.